The standard InChI is InChI=1S/C18H32O4/c1-2-3-4-5-6-7-8-9-10-11-12-13-14-15-18(21)22-16-17(19)20/h7-8H,2-6,9-16H2,1H3,(H,19,20)/b8-7-. The summed E-state index contributed by atoms with van der Waals surface area (Å²) in [6.07, 6.45) is 17.8. The number of carboxylic acids is 1. The van der Waals surface area contributed by atoms with Crippen LogP contribution in [-0.2, 0) is 14.3 Å². The van der Waals surface area contributed by atoms with Gasteiger partial charge in [-0.2, -0.15) is 0 Å². The highest BCUT2D eigenvalue weighted by molar-refractivity contribution is 5.75. The highest BCUT2D eigenvalue weighted by Gasteiger charge is 2.05. The Morgan fingerprint density at radius 2 is 1.41 bits per heavy atom. The van der Waals surface area contributed by atoms with E-state index in [9.17, 15) is 9.59 Å². The molecule has 0 radical (unpaired) electrons. The van der Waals surface area contributed by atoms with Gasteiger partial charge in [0.1, 0.15) is 0 Å². The molecule has 0 aromatic rings. The van der Waals surface area contributed by atoms with Crippen LogP contribution >= 0.6 is 0 Å². The van der Waals surface area contributed by atoms with E-state index in [0.717, 1.165) is 25.7 Å². The van der Waals surface area contributed by atoms with Crippen molar-refractivity contribution in [3.8, 4) is 0 Å². The normalized spacial score (nSPS) is 11.0. The first kappa shape index (κ1) is 20.7. The molecule has 0 aromatic heterocycles. The van der Waals surface area contributed by atoms with Gasteiger partial charge < -0.3 is 9.84 Å². The van der Waals surface area contributed by atoms with Crippen LogP contribution < -0.4 is 0 Å². The fraction of sp³-hybridized carbons (Fsp3) is 0.778. The number of ether oxygens (including phenoxy) is 1. The molecule has 0 bridgehead atoms. The second-order valence-corrected chi connectivity index (χ2v) is 5.68. The average Bonchev–Trinajstić information content (AvgIpc) is 2.49. The van der Waals surface area contributed by atoms with Gasteiger partial charge in [0, 0.05) is 6.42 Å². The molecule has 0 aromatic carbocycles. The van der Waals surface area contributed by atoms with Crippen LogP contribution in [-0.4, -0.2) is 23.7 Å². The van der Waals surface area contributed by atoms with Gasteiger partial charge in [-0.1, -0.05) is 57.6 Å². The molecule has 1 N–H and O–H groups in total. The van der Waals surface area contributed by atoms with Gasteiger partial charge in [0.25, 0.3) is 0 Å². The molecule has 0 fully saturated rings. The summed E-state index contributed by atoms with van der Waals surface area (Å²) in [7, 11) is 0. The van der Waals surface area contributed by atoms with Crippen LogP contribution in [0.3, 0.4) is 0 Å². The van der Waals surface area contributed by atoms with Gasteiger partial charge >= 0.3 is 11.9 Å². The van der Waals surface area contributed by atoms with E-state index >= 15 is 0 Å². The lowest BCUT2D eigenvalue weighted by molar-refractivity contribution is -0.155. The maximum absolute atomic E-state index is 11.2. The number of carboxylic acid groups (broad SMARTS) is 1. The zero-order valence-electron chi connectivity index (χ0n) is 14.0. The molecule has 22 heavy (non-hydrogen) atoms. The summed E-state index contributed by atoms with van der Waals surface area (Å²) in [5.74, 6) is -1.51. The van der Waals surface area contributed by atoms with Crippen LogP contribution in [0.5, 0.6) is 0 Å². The Bertz CT molecular complexity index is 310. The summed E-state index contributed by atoms with van der Waals surface area (Å²) in [6, 6.07) is 0. The predicted octanol–water partition coefficient (Wildman–Crippen LogP) is 4.87. The molecule has 0 heterocycles. The van der Waals surface area contributed by atoms with Crippen molar-refractivity contribution in [3.63, 3.8) is 0 Å². The number of unbranched alkanes of at least 4 members (excludes halogenated alkanes) is 9. The molecule has 0 rings (SSSR count). The third-order valence-electron chi connectivity index (χ3n) is 3.50. The molecule has 0 saturated heterocycles. The Hall–Kier alpha value is -1.32. The summed E-state index contributed by atoms with van der Waals surface area (Å²) in [5.41, 5.74) is 0. The van der Waals surface area contributed by atoms with E-state index in [4.69, 9.17) is 5.11 Å². The smallest absolute Gasteiger partial charge is 0.341 e. The molecular formula is C18H32O4. The third kappa shape index (κ3) is 16.7. The molecule has 0 saturated carbocycles. The molecular weight excluding hydrogens is 280 g/mol. The van der Waals surface area contributed by atoms with E-state index in [1.807, 2.05) is 0 Å². The Kier molecular flexibility index (Phi) is 15.1. The van der Waals surface area contributed by atoms with Crippen LogP contribution in [0.25, 0.3) is 0 Å². The minimum Gasteiger partial charge on any atom is -0.479 e. The molecule has 128 valence electrons. The molecule has 0 aliphatic rings. The van der Waals surface area contributed by atoms with Crippen molar-refractivity contribution in [2.24, 2.45) is 0 Å². The van der Waals surface area contributed by atoms with Crippen LogP contribution in [0.2, 0.25) is 0 Å². The minimum absolute atomic E-state index is 0.324. The van der Waals surface area contributed by atoms with Gasteiger partial charge in [-0.3, -0.25) is 4.79 Å². The van der Waals surface area contributed by atoms with Crippen molar-refractivity contribution in [1.82, 2.24) is 0 Å². The van der Waals surface area contributed by atoms with Crippen molar-refractivity contribution in [3.05, 3.63) is 12.2 Å². The zero-order valence-corrected chi connectivity index (χ0v) is 14.0. The minimum atomic E-state index is -1.10. The van der Waals surface area contributed by atoms with Gasteiger partial charge in [-0.05, 0) is 32.1 Å². The Morgan fingerprint density at radius 1 is 0.864 bits per heavy atom. The van der Waals surface area contributed by atoms with Crippen LogP contribution in [0, 0.1) is 0 Å². The third-order valence-corrected chi connectivity index (χ3v) is 3.50. The molecule has 0 unspecified atom stereocenters. The Labute approximate surface area is 134 Å². The van der Waals surface area contributed by atoms with Gasteiger partial charge in [-0.25, -0.2) is 4.79 Å². The highest BCUT2D eigenvalue weighted by atomic mass is 16.5. The predicted molar refractivity (Wildman–Crippen MR) is 88.8 cm³/mol. The van der Waals surface area contributed by atoms with E-state index in [0.29, 0.717) is 6.42 Å². The second kappa shape index (κ2) is 16.1. The number of rotatable bonds is 15. The maximum atomic E-state index is 11.2. The van der Waals surface area contributed by atoms with Gasteiger partial charge in [0.15, 0.2) is 6.61 Å². The van der Waals surface area contributed by atoms with Gasteiger partial charge in [0.2, 0.25) is 0 Å². The van der Waals surface area contributed by atoms with E-state index in [1.54, 1.807) is 0 Å². The largest absolute Gasteiger partial charge is 0.479 e. The van der Waals surface area contributed by atoms with Gasteiger partial charge in [0.05, 0.1) is 0 Å². The molecule has 0 spiro atoms. The first-order valence-electron chi connectivity index (χ1n) is 8.69. The number of hydrogen-bond acceptors (Lipinski definition) is 3. The van der Waals surface area contributed by atoms with E-state index < -0.39 is 18.5 Å². The number of hydrogen-bond donors (Lipinski definition) is 1. The van der Waals surface area contributed by atoms with Crippen molar-refractivity contribution >= 4 is 11.9 Å². The lowest BCUT2D eigenvalue weighted by Crippen LogP contribution is -2.12. The second-order valence-electron chi connectivity index (χ2n) is 5.68. The SMILES string of the molecule is CCCCCC/C=C\CCCCCCCC(=O)OCC(=O)O. The summed E-state index contributed by atoms with van der Waals surface area (Å²) >= 11 is 0. The number of aliphatic carboxylic acids is 1. The van der Waals surface area contributed by atoms with Crippen molar-refractivity contribution < 1.29 is 19.4 Å². The number of esters is 1. The first-order chi connectivity index (χ1) is 10.7. The van der Waals surface area contributed by atoms with Crippen molar-refractivity contribution in [2.45, 2.75) is 84.0 Å². The zero-order chi connectivity index (χ0) is 16.5. The fourth-order valence-corrected chi connectivity index (χ4v) is 2.20. The quantitative estimate of drug-likeness (QED) is 0.266. The van der Waals surface area contributed by atoms with Crippen LogP contribution in [0.4, 0.5) is 0 Å². The lowest BCUT2D eigenvalue weighted by Gasteiger charge is -2.02. The van der Waals surface area contributed by atoms with E-state index in [1.165, 1.54) is 44.9 Å². The summed E-state index contributed by atoms with van der Waals surface area (Å²) in [5, 5.41) is 8.36. The molecule has 0 atom stereocenters. The van der Waals surface area contributed by atoms with Crippen molar-refractivity contribution in [1.29, 1.82) is 0 Å². The molecule has 0 aliphatic heterocycles. The monoisotopic (exact) mass is 312 g/mol. The van der Waals surface area contributed by atoms with E-state index in [2.05, 4.69) is 23.8 Å². The molecule has 0 amide bonds. The Balaban J connectivity index is 3.21. The fourth-order valence-electron chi connectivity index (χ4n) is 2.20. The lowest BCUT2D eigenvalue weighted by atomic mass is 10.1. The number of carbonyl (C=O) groups excluding carboxylic acids is 1. The number of allylic oxidation sites excluding steroid dienone is 2. The summed E-state index contributed by atoms with van der Waals surface area (Å²) in [6.45, 7) is 1.71. The van der Waals surface area contributed by atoms with Gasteiger partial charge in [-0.15, -0.1) is 0 Å². The van der Waals surface area contributed by atoms with E-state index in [-0.39, 0.29) is 0 Å². The molecule has 4 heteroatoms. The van der Waals surface area contributed by atoms with Crippen LogP contribution in [0.1, 0.15) is 84.0 Å². The highest BCUT2D eigenvalue weighted by Crippen LogP contribution is 2.09. The van der Waals surface area contributed by atoms with Crippen LogP contribution in [0.15, 0.2) is 12.2 Å². The molecule has 0 aliphatic carbocycles. The Morgan fingerprint density at radius 3 is 2.00 bits per heavy atom. The maximum Gasteiger partial charge on any atom is 0.341 e. The van der Waals surface area contributed by atoms with Crippen molar-refractivity contribution in [2.75, 3.05) is 6.61 Å². The summed E-state index contributed by atoms with van der Waals surface area (Å²) in [4.78, 5) is 21.4. The number of carbonyl (C=O) groups is 2. The molecule has 4 nitrogen and oxygen atoms in total. The first-order valence-corrected chi connectivity index (χ1v) is 8.69. The average molecular weight is 312 g/mol. The topological polar surface area (TPSA) is 63.6 Å². The summed E-state index contributed by atoms with van der Waals surface area (Å²) < 4.78 is 4.56.